The number of amidine groups is 1. The Balaban J connectivity index is 1.68. The highest BCUT2D eigenvalue weighted by molar-refractivity contribution is 6.11. The van der Waals surface area contributed by atoms with Crippen molar-refractivity contribution in [3.05, 3.63) is 83.0 Å². The third kappa shape index (κ3) is 3.96. The van der Waals surface area contributed by atoms with Crippen molar-refractivity contribution in [1.29, 1.82) is 5.41 Å². The van der Waals surface area contributed by atoms with Gasteiger partial charge >= 0.3 is 0 Å². The Labute approximate surface area is 198 Å². The summed E-state index contributed by atoms with van der Waals surface area (Å²) in [4.78, 5) is 25.9. The van der Waals surface area contributed by atoms with E-state index in [-0.39, 0.29) is 17.8 Å². The van der Waals surface area contributed by atoms with E-state index in [1.165, 1.54) is 6.42 Å². The van der Waals surface area contributed by atoms with Gasteiger partial charge in [-0.25, -0.2) is 0 Å². The predicted molar refractivity (Wildman–Crippen MR) is 136 cm³/mol. The van der Waals surface area contributed by atoms with Gasteiger partial charge in [0.2, 0.25) is 0 Å². The quantitative estimate of drug-likeness (QED) is 0.218. The number of aldehydes is 1. The number of nitrogens with zero attached hydrogens (tertiary/aromatic N) is 1. The third-order valence-corrected chi connectivity index (χ3v) is 6.90. The van der Waals surface area contributed by atoms with E-state index < -0.39 is 0 Å². The summed E-state index contributed by atoms with van der Waals surface area (Å²) in [5, 5.41) is 14.0. The van der Waals surface area contributed by atoms with Crippen LogP contribution in [0.5, 0.6) is 0 Å². The van der Waals surface area contributed by atoms with Crippen LogP contribution in [0.1, 0.15) is 64.1 Å². The van der Waals surface area contributed by atoms with Crippen molar-refractivity contribution in [3.63, 3.8) is 0 Å². The van der Waals surface area contributed by atoms with Gasteiger partial charge in [-0.2, -0.15) is 0 Å². The molecule has 1 aliphatic rings. The van der Waals surface area contributed by atoms with E-state index in [1.54, 1.807) is 18.2 Å². The molecule has 0 saturated heterocycles. The zero-order chi connectivity index (χ0) is 23.7. The number of nitrogen functional groups attached to an aromatic ring is 1. The summed E-state index contributed by atoms with van der Waals surface area (Å²) in [6.07, 6.45) is 6.09. The average molecular weight is 453 g/mol. The van der Waals surface area contributed by atoms with Gasteiger partial charge in [0, 0.05) is 23.5 Å². The molecule has 6 nitrogen and oxygen atoms in total. The van der Waals surface area contributed by atoms with E-state index in [1.807, 2.05) is 28.8 Å². The van der Waals surface area contributed by atoms with E-state index >= 15 is 0 Å². The zero-order valence-electron chi connectivity index (χ0n) is 19.0. The normalized spacial score (nSPS) is 14.4. The van der Waals surface area contributed by atoms with Crippen LogP contribution in [0.2, 0.25) is 0 Å². The Morgan fingerprint density at radius 2 is 1.79 bits per heavy atom. The van der Waals surface area contributed by atoms with E-state index in [9.17, 15) is 9.59 Å². The van der Waals surface area contributed by atoms with Crippen molar-refractivity contribution in [2.24, 2.45) is 5.73 Å². The lowest BCUT2D eigenvalue weighted by Gasteiger charge is -2.23. The van der Waals surface area contributed by atoms with E-state index in [4.69, 9.17) is 11.1 Å². The molecular weight excluding hydrogens is 424 g/mol. The van der Waals surface area contributed by atoms with Crippen molar-refractivity contribution in [2.75, 3.05) is 0 Å². The molecule has 1 heterocycles. The number of nitrogens with two attached hydrogens (primary N) is 1. The molecule has 0 atom stereocenters. The third-order valence-electron chi connectivity index (χ3n) is 6.90. The smallest absolute Gasteiger partial charge is 0.268 e. The first kappa shape index (κ1) is 21.9. The van der Waals surface area contributed by atoms with E-state index in [0.29, 0.717) is 28.8 Å². The second kappa shape index (κ2) is 9.14. The predicted octanol–water partition coefficient (Wildman–Crippen LogP) is 5.00. The molecule has 6 heteroatoms. The Morgan fingerprint density at radius 1 is 1.03 bits per heavy atom. The Bertz CT molecular complexity index is 1410. The molecule has 5 rings (SSSR count). The number of amides is 1. The monoisotopic (exact) mass is 452 g/mol. The van der Waals surface area contributed by atoms with E-state index in [2.05, 4.69) is 23.5 Å². The molecule has 1 fully saturated rings. The van der Waals surface area contributed by atoms with Crippen LogP contribution in [0.4, 0.5) is 0 Å². The van der Waals surface area contributed by atoms with Crippen LogP contribution in [0.15, 0.2) is 60.7 Å². The highest BCUT2D eigenvalue weighted by atomic mass is 16.2. The maximum Gasteiger partial charge on any atom is 0.268 e. The number of carbonyl (C=O) groups is 2. The molecule has 4 aromatic rings. The summed E-state index contributed by atoms with van der Waals surface area (Å²) in [5.74, 6) is -0.282. The standard InChI is InChI=1S/C28H28N4O2/c29-27(30)19-13-14-23-24(17-33)26(28(34)31-21-10-2-1-3-11-21)32(25(23)15-19)16-20-9-6-8-18-7-4-5-12-22(18)20/h4-9,12-15,17,21H,1-3,10-11,16H2,(H3,29,30)(H,31,34). The van der Waals surface area contributed by atoms with Crippen molar-refractivity contribution >= 4 is 39.7 Å². The number of hydrogen-bond acceptors (Lipinski definition) is 3. The molecule has 34 heavy (non-hydrogen) atoms. The largest absolute Gasteiger partial charge is 0.384 e. The highest BCUT2D eigenvalue weighted by Crippen LogP contribution is 2.30. The van der Waals surface area contributed by atoms with Crippen LogP contribution < -0.4 is 11.1 Å². The first-order chi connectivity index (χ1) is 16.6. The summed E-state index contributed by atoms with van der Waals surface area (Å²) in [7, 11) is 0. The number of benzene rings is 3. The highest BCUT2D eigenvalue weighted by Gasteiger charge is 2.26. The molecule has 172 valence electrons. The van der Waals surface area contributed by atoms with Gasteiger partial charge < -0.3 is 15.6 Å². The molecule has 1 saturated carbocycles. The average Bonchev–Trinajstić information content (AvgIpc) is 3.17. The minimum Gasteiger partial charge on any atom is -0.384 e. The molecule has 0 bridgehead atoms. The lowest BCUT2D eigenvalue weighted by atomic mass is 9.95. The zero-order valence-corrected chi connectivity index (χ0v) is 19.0. The van der Waals surface area contributed by atoms with Gasteiger partial charge in [-0.15, -0.1) is 0 Å². The molecule has 1 aromatic heterocycles. The van der Waals surface area contributed by atoms with Crippen molar-refractivity contribution in [2.45, 2.75) is 44.7 Å². The van der Waals surface area contributed by atoms with Crippen LogP contribution >= 0.6 is 0 Å². The SMILES string of the molecule is N=C(N)c1ccc2c(C=O)c(C(=O)NC3CCCCC3)n(Cc3cccc4ccccc34)c2c1. The summed E-state index contributed by atoms with van der Waals surface area (Å²) in [6, 6.07) is 19.7. The first-order valence-electron chi connectivity index (χ1n) is 11.8. The molecule has 1 amide bonds. The Morgan fingerprint density at radius 3 is 2.56 bits per heavy atom. The van der Waals surface area contributed by atoms with Crippen LogP contribution in [0, 0.1) is 5.41 Å². The molecule has 1 aliphatic carbocycles. The fraction of sp³-hybridized carbons (Fsp3) is 0.250. The topological polar surface area (TPSA) is 101 Å². The van der Waals surface area contributed by atoms with Crippen LogP contribution in [-0.4, -0.2) is 28.6 Å². The minimum absolute atomic E-state index is 0.0549. The number of nitrogens with one attached hydrogen (secondary N) is 2. The van der Waals surface area contributed by atoms with Gasteiger partial charge in [-0.05, 0) is 35.2 Å². The van der Waals surface area contributed by atoms with Crippen LogP contribution in [-0.2, 0) is 6.54 Å². The number of carbonyl (C=O) groups excluding carboxylic acids is 2. The fourth-order valence-corrected chi connectivity index (χ4v) is 5.17. The maximum absolute atomic E-state index is 13.6. The van der Waals surface area contributed by atoms with Crippen molar-refractivity contribution in [1.82, 2.24) is 9.88 Å². The number of hydrogen-bond donors (Lipinski definition) is 3. The van der Waals surface area contributed by atoms with Gasteiger partial charge in [-0.1, -0.05) is 73.9 Å². The summed E-state index contributed by atoms with van der Waals surface area (Å²) in [6.45, 7) is 0.417. The van der Waals surface area contributed by atoms with Gasteiger partial charge in [0.1, 0.15) is 11.5 Å². The number of fused-ring (bicyclic) bond motifs is 2. The van der Waals surface area contributed by atoms with Gasteiger partial charge in [-0.3, -0.25) is 15.0 Å². The summed E-state index contributed by atoms with van der Waals surface area (Å²) in [5.41, 5.74) is 8.83. The molecule has 0 radical (unpaired) electrons. The van der Waals surface area contributed by atoms with Crippen molar-refractivity contribution in [3.8, 4) is 0 Å². The molecule has 3 aromatic carbocycles. The first-order valence-corrected chi connectivity index (χ1v) is 11.8. The number of aromatic nitrogens is 1. The van der Waals surface area contributed by atoms with E-state index in [0.717, 1.165) is 53.8 Å². The molecule has 0 spiro atoms. The fourth-order valence-electron chi connectivity index (χ4n) is 5.17. The van der Waals surface area contributed by atoms with Crippen molar-refractivity contribution < 1.29 is 9.59 Å². The van der Waals surface area contributed by atoms with Crippen LogP contribution in [0.3, 0.4) is 0 Å². The summed E-state index contributed by atoms with van der Waals surface area (Å²) < 4.78 is 1.91. The lowest BCUT2D eigenvalue weighted by Crippen LogP contribution is -2.37. The van der Waals surface area contributed by atoms with Gasteiger partial charge in [0.25, 0.3) is 5.91 Å². The minimum atomic E-state index is -0.227. The second-order valence-corrected chi connectivity index (χ2v) is 9.06. The second-order valence-electron chi connectivity index (χ2n) is 9.06. The van der Waals surface area contributed by atoms with Gasteiger partial charge in [0.15, 0.2) is 6.29 Å². The van der Waals surface area contributed by atoms with Crippen LogP contribution in [0.25, 0.3) is 21.7 Å². The molecule has 0 aliphatic heterocycles. The summed E-state index contributed by atoms with van der Waals surface area (Å²) >= 11 is 0. The number of rotatable bonds is 6. The Hall–Kier alpha value is -3.93. The molecule has 0 unspecified atom stereocenters. The Kier molecular flexibility index (Phi) is 5.88. The van der Waals surface area contributed by atoms with Gasteiger partial charge in [0.05, 0.1) is 11.1 Å². The maximum atomic E-state index is 13.6. The molecular formula is C28H28N4O2. The molecule has 4 N–H and O–H groups in total. The lowest BCUT2D eigenvalue weighted by molar-refractivity contribution is 0.0914.